The van der Waals surface area contributed by atoms with E-state index in [0.717, 1.165) is 30.0 Å². The summed E-state index contributed by atoms with van der Waals surface area (Å²) in [7, 11) is 0. The third-order valence-electron chi connectivity index (χ3n) is 4.65. The van der Waals surface area contributed by atoms with Crippen LogP contribution in [-0.4, -0.2) is 45.2 Å². The van der Waals surface area contributed by atoms with E-state index >= 15 is 0 Å². The second-order valence-corrected chi connectivity index (χ2v) is 6.68. The van der Waals surface area contributed by atoms with Crippen LogP contribution in [-0.2, 0) is 6.61 Å². The largest absolute Gasteiger partial charge is 0.489 e. The van der Waals surface area contributed by atoms with Crippen LogP contribution in [0.5, 0.6) is 11.5 Å². The summed E-state index contributed by atoms with van der Waals surface area (Å²) in [6.07, 6.45) is 5.10. The predicted molar refractivity (Wildman–Crippen MR) is 103 cm³/mol. The number of amides is 1. The van der Waals surface area contributed by atoms with Gasteiger partial charge in [0.1, 0.15) is 24.2 Å². The Bertz CT molecular complexity index is 890. The Balaban J connectivity index is 1.28. The number of para-hydroxylation sites is 1. The molecule has 1 saturated heterocycles. The van der Waals surface area contributed by atoms with Gasteiger partial charge >= 0.3 is 0 Å². The van der Waals surface area contributed by atoms with Crippen molar-refractivity contribution in [2.24, 2.45) is 0 Å². The maximum absolute atomic E-state index is 12.7. The number of hydrogen-bond acceptors (Lipinski definition) is 5. The third kappa shape index (κ3) is 4.49. The molecule has 28 heavy (non-hydrogen) atoms. The molecule has 4 rings (SSSR count). The minimum absolute atomic E-state index is 0.0676. The van der Waals surface area contributed by atoms with Crippen LogP contribution < -0.4 is 9.47 Å². The van der Waals surface area contributed by atoms with Crippen LogP contribution in [0, 0.1) is 0 Å². The van der Waals surface area contributed by atoms with Crippen LogP contribution in [0.15, 0.2) is 60.9 Å². The van der Waals surface area contributed by atoms with Crippen LogP contribution in [0.2, 0.25) is 0 Å². The van der Waals surface area contributed by atoms with Gasteiger partial charge in [0.15, 0.2) is 5.69 Å². The van der Waals surface area contributed by atoms with Gasteiger partial charge in [-0.05, 0) is 30.3 Å². The number of carbonyl (C=O) groups is 1. The lowest BCUT2D eigenvalue weighted by atomic mass is 10.1. The quantitative estimate of drug-likeness (QED) is 0.713. The molecule has 3 aromatic rings. The Morgan fingerprint density at radius 1 is 1.11 bits per heavy atom. The number of H-pyrrole nitrogens is 1. The number of aromatic amines is 1. The van der Waals surface area contributed by atoms with Crippen molar-refractivity contribution in [2.45, 2.75) is 25.6 Å². The fourth-order valence-corrected chi connectivity index (χ4v) is 3.17. The highest BCUT2D eigenvalue weighted by atomic mass is 16.5. The van der Waals surface area contributed by atoms with E-state index in [0.29, 0.717) is 25.4 Å². The number of hydrogen-bond donors (Lipinski definition) is 1. The van der Waals surface area contributed by atoms with Crippen LogP contribution in [0.3, 0.4) is 0 Å². The topological polar surface area (TPSA) is 80.3 Å². The molecule has 0 bridgehead atoms. The van der Waals surface area contributed by atoms with Gasteiger partial charge in [-0.3, -0.25) is 14.9 Å². The lowest BCUT2D eigenvalue weighted by molar-refractivity contribution is 0.0589. The highest BCUT2D eigenvalue weighted by molar-refractivity contribution is 5.92. The van der Waals surface area contributed by atoms with Gasteiger partial charge in [0.25, 0.3) is 5.91 Å². The van der Waals surface area contributed by atoms with Gasteiger partial charge in [0.05, 0.1) is 11.9 Å². The number of likely N-dealkylation sites (tertiary alicyclic amines) is 1. The lowest BCUT2D eigenvalue weighted by Crippen LogP contribution is -2.41. The molecule has 0 saturated carbocycles. The number of ether oxygens (including phenoxy) is 2. The number of nitrogens with one attached hydrogen (secondary N) is 1. The standard InChI is InChI=1S/C21H22N4O3/c26-21(20-13-16(23-24-20)15-27-17-5-2-1-3-6-17)25-11-8-18(9-12-25)28-19-7-4-10-22-14-19/h1-7,10,13-14,18H,8-9,11-12,15H2,(H,23,24). The average Bonchev–Trinajstić information content (AvgIpc) is 3.23. The van der Waals surface area contributed by atoms with E-state index in [1.165, 1.54) is 0 Å². The summed E-state index contributed by atoms with van der Waals surface area (Å²) in [4.78, 5) is 18.6. The number of aromatic nitrogens is 3. The van der Waals surface area contributed by atoms with Gasteiger partial charge in [0, 0.05) is 32.1 Å². The van der Waals surface area contributed by atoms with E-state index in [1.54, 1.807) is 18.5 Å². The molecule has 3 heterocycles. The Morgan fingerprint density at radius 3 is 2.64 bits per heavy atom. The number of piperidine rings is 1. The summed E-state index contributed by atoms with van der Waals surface area (Å²) < 4.78 is 11.6. The van der Waals surface area contributed by atoms with Crippen LogP contribution in [0.4, 0.5) is 0 Å². The summed E-state index contributed by atoms with van der Waals surface area (Å²) in [5.41, 5.74) is 1.18. The van der Waals surface area contributed by atoms with Crippen molar-refractivity contribution in [3.63, 3.8) is 0 Å². The molecule has 1 aliphatic heterocycles. The van der Waals surface area contributed by atoms with Crippen molar-refractivity contribution in [3.8, 4) is 11.5 Å². The molecular formula is C21H22N4O3. The summed E-state index contributed by atoms with van der Waals surface area (Å²) >= 11 is 0. The molecular weight excluding hydrogens is 356 g/mol. The highest BCUT2D eigenvalue weighted by Gasteiger charge is 2.26. The van der Waals surface area contributed by atoms with Gasteiger partial charge in [-0.2, -0.15) is 5.10 Å². The van der Waals surface area contributed by atoms with Gasteiger partial charge in [-0.25, -0.2) is 0 Å². The minimum Gasteiger partial charge on any atom is -0.489 e. The molecule has 1 aromatic carbocycles. The fourth-order valence-electron chi connectivity index (χ4n) is 3.17. The molecule has 7 nitrogen and oxygen atoms in total. The summed E-state index contributed by atoms with van der Waals surface area (Å²) in [5.74, 6) is 1.48. The van der Waals surface area contributed by atoms with Crippen molar-refractivity contribution in [2.75, 3.05) is 13.1 Å². The van der Waals surface area contributed by atoms with Crippen molar-refractivity contribution in [1.82, 2.24) is 20.1 Å². The first-order chi connectivity index (χ1) is 13.8. The zero-order chi connectivity index (χ0) is 19.2. The number of rotatable bonds is 6. The summed E-state index contributed by atoms with van der Waals surface area (Å²) in [6, 6.07) is 15.0. The zero-order valence-electron chi connectivity index (χ0n) is 15.5. The Labute approximate surface area is 163 Å². The fraction of sp³-hybridized carbons (Fsp3) is 0.286. The molecule has 7 heteroatoms. The molecule has 1 fully saturated rings. The van der Waals surface area contributed by atoms with Crippen molar-refractivity contribution >= 4 is 5.91 Å². The van der Waals surface area contributed by atoms with Crippen molar-refractivity contribution in [1.29, 1.82) is 0 Å². The second kappa shape index (κ2) is 8.56. The first-order valence-corrected chi connectivity index (χ1v) is 9.36. The molecule has 0 spiro atoms. The summed E-state index contributed by atoms with van der Waals surface area (Å²) in [6.45, 7) is 1.63. The van der Waals surface area contributed by atoms with E-state index < -0.39 is 0 Å². The number of benzene rings is 1. The van der Waals surface area contributed by atoms with Crippen LogP contribution >= 0.6 is 0 Å². The van der Waals surface area contributed by atoms with E-state index in [4.69, 9.17) is 9.47 Å². The molecule has 144 valence electrons. The molecule has 0 unspecified atom stereocenters. The molecule has 1 amide bonds. The molecule has 0 radical (unpaired) electrons. The number of carbonyl (C=O) groups excluding carboxylic acids is 1. The predicted octanol–water partition coefficient (Wildman–Crippen LogP) is 3.07. The van der Waals surface area contributed by atoms with E-state index in [2.05, 4.69) is 15.2 Å². The zero-order valence-corrected chi connectivity index (χ0v) is 15.5. The molecule has 2 aromatic heterocycles. The lowest BCUT2D eigenvalue weighted by Gasteiger charge is -2.31. The summed E-state index contributed by atoms with van der Waals surface area (Å²) in [5, 5.41) is 7.04. The minimum atomic E-state index is -0.0676. The van der Waals surface area contributed by atoms with Crippen LogP contribution in [0.25, 0.3) is 0 Å². The molecule has 1 aliphatic rings. The third-order valence-corrected chi connectivity index (χ3v) is 4.65. The number of pyridine rings is 1. The van der Waals surface area contributed by atoms with E-state index in [9.17, 15) is 4.79 Å². The maximum atomic E-state index is 12.7. The Morgan fingerprint density at radius 2 is 1.89 bits per heavy atom. The first kappa shape index (κ1) is 18.0. The van der Waals surface area contributed by atoms with E-state index in [-0.39, 0.29) is 12.0 Å². The van der Waals surface area contributed by atoms with Gasteiger partial charge in [0.2, 0.25) is 0 Å². The van der Waals surface area contributed by atoms with E-state index in [1.807, 2.05) is 47.4 Å². The molecule has 0 atom stereocenters. The molecule has 0 aliphatic carbocycles. The first-order valence-electron chi connectivity index (χ1n) is 9.36. The SMILES string of the molecule is O=C(c1cc(COc2ccccc2)[nH]n1)N1CCC(Oc2cccnc2)CC1. The highest BCUT2D eigenvalue weighted by Crippen LogP contribution is 2.19. The smallest absolute Gasteiger partial charge is 0.274 e. The van der Waals surface area contributed by atoms with Gasteiger partial charge in [-0.15, -0.1) is 0 Å². The van der Waals surface area contributed by atoms with Gasteiger partial charge < -0.3 is 14.4 Å². The normalized spacial score (nSPS) is 14.6. The van der Waals surface area contributed by atoms with Crippen LogP contribution in [0.1, 0.15) is 29.0 Å². The Hall–Kier alpha value is -3.35. The Kier molecular flexibility index (Phi) is 5.51. The van der Waals surface area contributed by atoms with Gasteiger partial charge in [-0.1, -0.05) is 18.2 Å². The number of nitrogens with zero attached hydrogens (tertiary/aromatic N) is 3. The maximum Gasteiger partial charge on any atom is 0.274 e. The second-order valence-electron chi connectivity index (χ2n) is 6.68. The molecule has 1 N–H and O–H groups in total. The van der Waals surface area contributed by atoms with Crippen molar-refractivity contribution in [3.05, 3.63) is 72.3 Å². The average molecular weight is 378 g/mol. The van der Waals surface area contributed by atoms with Crippen molar-refractivity contribution < 1.29 is 14.3 Å². The monoisotopic (exact) mass is 378 g/mol.